The third-order valence-electron chi connectivity index (χ3n) is 5.89. The molecule has 1 saturated heterocycles. The molecule has 1 fully saturated rings. The maximum Gasteiger partial charge on any atom is 0.266 e. The third-order valence-corrected chi connectivity index (χ3v) is 7.26. The maximum atomic E-state index is 13.1. The molecule has 4 aromatic rings. The minimum absolute atomic E-state index is 0.0805. The van der Waals surface area contributed by atoms with E-state index in [1.165, 1.54) is 22.5 Å². The Morgan fingerprint density at radius 1 is 0.889 bits per heavy atom. The van der Waals surface area contributed by atoms with Gasteiger partial charge < -0.3 is 9.47 Å². The molecule has 36 heavy (non-hydrogen) atoms. The van der Waals surface area contributed by atoms with E-state index in [-0.39, 0.29) is 5.91 Å². The lowest BCUT2D eigenvalue weighted by molar-refractivity contribution is -0.122. The first kappa shape index (κ1) is 24.1. The van der Waals surface area contributed by atoms with Crippen molar-refractivity contribution in [3.8, 4) is 11.5 Å². The molecule has 1 aliphatic heterocycles. The molecule has 0 N–H and O–H groups in total. The third kappa shape index (κ3) is 5.30. The lowest BCUT2D eigenvalue weighted by atomic mass is 10.1. The van der Waals surface area contributed by atoms with Gasteiger partial charge in [-0.15, -0.1) is 0 Å². The minimum Gasteiger partial charge on any atom is -0.490 e. The lowest BCUT2D eigenvalue weighted by Crippen LogP contribution is -2.27. The quantitative estimate of drug-likeness (QED) is 0.184. The molecule has 1 amide bonds. The number of benzene rings is 4. The first-order chi connectivity index (χ1) is 17.6. The second-order valence-electron chi connectivity index (χ2n) is 8.32. The molecular weight excluding hydrogens is 486 g/mol. The number of hydrogen-bond donors (Lipinski definition) is 0. The van der Waals surface area contributed by atoms with Gasteiger partial charge in [0.2, 0.25) is 0 Å². The van der Waals surface area contributed by atoms with Crippen LogP contribution < -0.4 is 9.47 Å². The highest BCUT2D eigenvalue weighted by atomic mass is 32.2. The summed E-state index contributed by atoms with van der Waals surface area (Å²) in [5.74, 6) is 1.23. The Morgan fingerprint density at radius 3 is 2.50 bits per heavy atom. The van der Waals surface area contributed by atoms with Crippen molar-refractivity contribution in [3.05, 3.63) is 113 Å². The van der Waals surface area contributed by atoms with Crippen molar-refractivity contribution in [3.63, 3.8) is 0 Å². The van der Waals surface area contributed by atoms with Crippen LogP contribution in [0.5, 0.6) is 11.5 Å². The van der Waals surface area contributed by atoms with Gasteiger partial charge in [0.25, 0.3) is 5.91 Å². The number of carbonyl (C=O) groups excluding carboxylic acids is 1. The fourth-order valence-electron chi connectivity index (χ4n) is 4.13. The van der Waals surface area contributed by atoms with Crippen molar-refractivity contribution < 1.29 is 14.3 Å². The van der Waals surface area contributed by atoms with E-state index >= 15 is 0 Å². The van der Waals surface area contributed by atoms with Crippen LogP contribution in [0.25, 0.3) is 16.8 Å². The van der Waals surface area contributed by atoms with Crippen LogP contribution in [-0.4, -0.2) is 21.7 Å². The van der Waals surface area contributed by atoms with Crippen molar-refractivity contribution in [2.24, 2.45) is 0 Å². The van der Waals surface area contributed by atoms with Crippen LogP contribution in [0.15, 0.2) is 95.9 Å². The smallest absolute Gasteiger partial charge is 0.266 e. The number of thiocarbonyl (C=S) groups is 1. The Labute approximate surface area is 220 Å². The normalized spacial score (nSPS) is 14.6. The van der Waals surface area contributed by atoms with E-state index in [2.05, 4.69) is 24.3 Å². The van der Waals surface area contributed by atoms with Gasteiger partial charge in [-0.25, -0.2) is 0 Å². The van der Waals surface area contributed by atoms with Crippen molar-refractivity contribution in [1.29, 1.82) is 0 Å². The molecule has 5 rings (SSSR count). The molecule has 0 bridgehead atoms. The first-order valence-electron chi connectivity index (χ1n) is 11.8. The van der Waals surface area contributed by atoms with Crippen LogP contribution in [0.1, 0.15) is 23.6 Å². The molecule has 1 aliphatic rings. The number of fused-ring (bicyclic) bond motifs is 1. The predicted molar refractivity (Wildman–Crippen MR) is 151 cm³/mol. The molecule has 4 nitrogen and oxygen atoms in total. The standard InChI is InChI=1S/C30H25NO3S2/c1-2-33-27-17-22(18-28-29(32)31(30(35)36-28)19-21-9-4-3-5-10-21)15-16-26(27)34-20-24-13-8-12-23-11-6-7-14-25(23)24/h3-18H,2,19-20H2,1H3. The number of amides is 1. The summed E-state index contributed by atoms with van der Waals surface area (Å²) in [6.45, 7) is 3.34. The summed E-state index contributed by atoms with van der Waals surface area (Å²) >= 11 is 6.82. The molecule has 180 valence electrons. The van der Waals surface area contributed by atoms with E-state index in [0.29, 0.717) is 40.5 Å². The molecule has 0 aliphatic carbocycles. The van der Waals surface area contributed by atoms with Gasteiger partial charge in [-0.2, -0.15) is 0 Å². The molecule has 0 atom stereocenters. The van der Waals surface area contributed by atoms with Gasteiger partial charge in [0, 0.05) is 0 Å². The van der Waals surface area contributed by atoms with Crippen LogP contribution in [0.4, 0.5) is 0 Å². The lowest BCUT2D eigenvalue weighted by Gasteiger charge is -2.14. The molecule has 6 heteroatoms. The highest BCUT2D eigenvalue weighted by Gasteiger charge is 2.32. The van der Waals surface area contributed by atoms with Crippen molar-refractivity contribution in [2.75, 3.05) is 6.61 Å². The number of nitrogens with zero attached hydrogens (tertiary/aromatic N) is 1. The van der Waals surface area contributed by atoms with Crippen LogP contribution in [-0.2, 0) is 17.9 Å². The van der Waals surface area contributed by atoms with Crippen molar-refractivity contribution >= 4 is 51.1 Å². The topological polar surface area (TPSA) is 38.8 Å². The fraction of sp³-hybridized carbons (Fsp3) is 0.133. The predicted octanol–water partition coefficient (Wildman–Crippen LogP) is 7.22. The largest absolute Gasteiger partial charge is 0.490 e. The summed E-state index contributed by atoms with van der Waals surface area (Å²) in [7, 11) is 0. The maximum absolute atomic E-state index is 13.1. The molecule has 4 aromatic carbocycles. The van der Waals surface area contributed by atoms with Crippen LogP contribution >= 0.6 is 24.0 Å². The zero-order valence-corrected chi connectivity index (χ0v) is 21.5. The summed E-state index contributed by atoms with van der Waals surface area (Å²) in [5.41, 5.74) is 3.01. The van der Waals surface area contributed by atoms with Crippen molar-refractivity contribution in [2.45, 2.75) is 20.1 Å². The number of rotatable bonds is 8. The molecule has 1 heterocycles. The average Bonchev–Trinajstić information content (AvgIpc) is 3.16. The van der Waals surface area contributed by atoms with E-state index in [9.17, 15) is 4.79 Å². The van der Waals surface area contributed by atoms with Gasteiger partial charge >= 0.3 is 0 Å². The summed E-state index contributed by atoms with van der Waals surface area (Å²) in [6.07, 6.45) is 1.86. The Kier molecular flexibility index (Phi) is 7.35. The molecule has 0 radical (unpaired) electrons. The number of carbonyl (C=O) groups is 1. The monoisotopic (exact) mass is 511 g/mol. The van der Waals surface area contributed by atoms with E-state index in [1.54, 1.807) is 4.90 Å². The van der Waals surface area contributed by atoms with Crippen LogP contribution in [0.2, 0.25) is 0 Å². The summed E-state index contributed by atoms with van der Waals surface area (Å²) in [5, 5.41) is 2.36. The Bertz CT molecular complexity index is 1440. The number of ether oxygens (including phenoxy) is 2. The molecule has 0 saturated carbocycles. The molecule has 0 aromatic heterocycles. The van der Waals surface area contributed by atoms with E-state index in [4.69, 9.17) is 21.7 Å². The molecular formula is C30H25NO3S2. The molecule has 0 unspecified atom stereocenters. The summed E-state index contributed by atoms with van der Waals surface area (Å²) in [4.78, 5) is 15.3. The average molecular weight is 512 g/mol. The number of thioether (sulfide) groups is 1. The zero-order chi connectivity index (χ0) is 24.9. The van der Waals surface area contributed by atoms with E-state index in [0.717, 1.165) is 16.7 Å². The van der Waals surface area contributed by atoms with Crippen molar-refractivity contribution in [1.82, 2.24) is 4.90 Å². The van der Waals surface area contributed by atoms with Gasteiger partial charge in [0.05, 0.1) is 18.1 Å². The van der Waals surface area contributed by atoms with Crippen LogP contribution in [0, 0.1) is 0 Å². The minimum atomic E-state index is -0.0805. The Hall–Kier alpha value is -3.61. The van der Waals surface area contributed by atoms with Gasteiger partial charge in [-0.1, -0.05) is 103 Å². The highest BCUT2D eigenvalue weighted by molar-refractivity contribution is 8.26. The zero-order valence-electron chi connectivity index (χ0n) is 19.8. The highest BCUT2D eigenvalue weighted by Crippen LogP contribution is 2.36. The van der Waals surface area contributed by atoms with Gasteiger partial charge in [0.1, 0.15) is 10.9 Å². The number of hydrogen-bond acceptors (Lipinski definition) is 5. The SMILES string of the molecule is CCOc1cc(C=C2SC(=S)N(Cc3ccccc3)C2=O)ccc1OCc1cccc2ccccc12. The first-order valence-corrected chi connectivity index (χ1v) is 13.0. The molecule has 0 spiro atoms. The van der Waals surface area contributed by atoms with Gasteiger partial charge in [-0.3, -0.25) is 9.69 Å². The second kappa shape index (κ2) is 11.0. The van der Waals surface area contributed by atoms with E-state index < -0.39 is 0 Å². The fourth-order valence-corrected chi connectivity index (χ4v) is 5.38. The Balaban J connectivity index is 1.34. The van der Waals surface area contributed by atoms with Gasteiger partial charge in [-0.05, 0) is 52.6 Å². The Morgan fingerprint density at radius 2 is 1.67 bits per heavy atom. The summed E-state index contributed by atoms with van der Waals surface area (Å²) in [6, 6.07) is 30.1. The second-order valence-corrected chi connectivity index (χ2v) is 10.00. The summed E-state index contributed by atoms with van der Waals surface area (Å²) < 4.78 is 12.6. The van der Waals surface area contributed by atoms with Crippen LogP contribution in [0.3, 0.4) is 0 Å². The van der Waals surface area contributed by atoms with E-state index in [1.807, 2.05) is 79.7 Å². The van der Waals surface area contributed by atoms with Gasteiger partial charge in [0.15, 0.2) is 11.5 Å².